The molecule has 22 heavy (non-hydrogen) atoms. The summed E-state index contributed by atoms with van der Waals surface area (Å²) in [4.78, 5) is 0. The standard InChI is InChI=1S/C12H22O10/c13-1-5-8(17)9(18)10(19)12(21-5)22-11-6(2-14)20-3-4(15)7(11)16/h4-19H,1-3H2/t4-,5+,6+,7-,8-,9+,10+,11-,12+/m0/s1. The average molecular weight is 326 g/mol. The van der Waals surface area contributed by atoms with Crippen LogP contribution in [-0.4, -0.2) is 111 Å². The summed E-state index contributed by atoms with van der Waals surface area (Å²) in [6, 6.07) is 0. The monoisotopic (exact) mass is 326 g/mol. The summed E-state index contributed by atoms with van der Waals surface area (Å²) in [5.74, 6) is 0. The predicted molar refractivity (Wildman–Crippen MR) is 67.5 cm³/mol. The summed E-state index contributed by atoms with van der Waals surface area (Å²) in [6.07, 6.45) is -12.3. The smallest absolute Gasteiger partial charge is 0.187 e. The molecule has 0 unspecified atom stereocenters. The van der Waals surface area contributed by atoms with Crippen molar-refractivity contribution in [1.82, 2.24) is 0 Å². The van der Waals surface area contributed by atoms with Crippen molar-refractivity contribution < 1.29 is 50.0 Å². The lowest BCUT2D eigenvalue weighted by Gasteiger charge is -2.44. The van der Waals surface area contributed by atoms with E-state index in [9.17, 15) is 30.6 Å². The van der Waals surface area contributed by atoms with Crippen LogP contribution < -0.4 is 0 Å². The minimum atomic E-state index is -1.65. The normalized spacial score (nSPS) is 50.0. The number of aliphatic hydroxyl groups excluding tert-OH is 7. The first-order valence-corrected chi connectivity index (χ1v) is 6.95. The molecule has 2 saturated heterocycles. The number of ether oxygens (including phenoxy) is 3. The Kier molecular flexibility index (Phi) is 6.07. The Labute approximate surface area is 126 Å². The molecule has 2 rings (SSSR count). The van der Waals surface area contributed by atoms with Gasteiger partial charge in [0.15, 0.2) is 6.29 Å². The van der Waals surface area contributed by atoms with Crippen LogP contribution in [-0.2, 0) is 14.2 Å². The third-order valence-corrected chi connectivity index (χ3v) is 3.90. The van der Waals surface area contributed by atoms with Crippen molar-refractivity contribution in [2.24, 2.45) is 0 Å². The Morgan fingerprint density at radius 1 is 0.818 bits per heavy atom. The maximum Gasteiger partial charge on any atom is 0.187 e. The zero-order valence-electron chi connectivity index (χ0n) is 11.7. The number of hydrogen-bond donors (Lipinski definition) is 7. The molecule has 0 saturated carbocycles. The molecule has 2 heterocycles. The molecule has 9 atom stereocenters. The van der Waals surface area contributed by atoms with Gasteiger partial charge in [0.25, 0.3) is 0 Å². The van der Waals surface area contributed by atoms with E-state index >= 15 is 0 Å². The van der Waals surface area contributed by atoms with Crippen molar-refractivity contribution in [3.63, 3.8) is 0 Å². The van der Waals surface area contributed by atoms with Gasteiger partial charge in [-0.2, -0.15) is 0 Å². The minimum Gasteiger partial charge on any atom is -0.394 e. The van der Waals surface area contributed by atoms with Gasteiger partial charge in [0, 0.05) is 0 Å². The molecule has 2 aliphatic rings. The lowest BCUT2D eigenvalue weighted by Crippen LogP contribution is -2.63. The largest absolute Gasteiger partial charge is 0.394 e. The highest BCUT2D eigenvalue weighted by molar-refractivity contribution is 4.92. The Morgan fingerprint density at radius 2 is 1.45 bits per heavy atom. The van der Waals surface area contributed by atoms with Crippen LogP contribution in [0.2, 0.25) is 0 Å². The fraction of sp³-hybridized carbons (Fsp3) is 1.00. The Balaban J connectivity index is 2.09. The quantitative estimate of drug-likeness (QED) is 0.266. The minimum absolute atomic E-state index is 0.194. The van der Waals surface area contributed by atoms with Crippen LogP contribution in [0.15, 0.2) is 0 Å². The van der Waals surface area contributed by atoms with Crippen molar-refractivity contribution >= 4 is 0 Å². The maximum atomic E-state index is 9.93. The Hall–Kier alpha value is -0.400. The molecule has 0 radical (unpaired) electrons. The predicted octanol–water partition coefficient (Wildman–Crippen LogP) is -4.72. The molecule has 0 spiro atoms. The van der Waals surface area contributed by atoms with E-state index in [1.54, 1.807) is 0 Å². The van der Waals surface area contributed by atoms with Gasteiger partial charge in [-0.1, -0.05) is 0 Å². The van der Waals surface area contributed by atoms with Gasteiger partial charge < -0.3 is 50.0 Å². The van der Waals surface area contributed by atoms with Gasteiger partial charge in [-0.25, -0.2) is 0 Å². The summed E-state index contributed by atoms with van der Waals surface area (Å²) in [5, 5.41) is 67.0. The van der Waals surface area contributed by atoms with Crippen LogP contribution in [0, 0.1) is 0 Å². The first-order valence-electron chi connectivity index (χ1n) is 6.95. The molecule has 0 bridgehead atoms. The Morgan fingerprint density at radius 3 is 2.05 bits per heavy atom. The van der Waals surface area contributed by atoms with Crippen molar-refractivity contribution in [2.75, 3.05) is 19.8 Å². The fourth-order valence-electron chi connectivity index (χ4n) is 2.51. The van der Waals surface area contributed by atoms with Crippen LogP contribution >= 0.6 is 0 Å². The van der Waals surface area contributed by atoms with E-state index < -0.39 is 68.3 Å². The van der Waals surface area contributed by atoms with Gasteiger partial charge in [-0.05, 0) is 0 Å². The maximum absolute atomic E-state index is 9.93. The van der Waals surface area contributed by atoms with Crippen molar-refractivity contribution in [3.05, 3.63) is 0 Å². The first kappa shape index (κ1) is 17.9. The molecule has 10 nitrogen and oxygen atoms in total. The Bertz CT molecular complexity index is 351. The van der Waals surface area contributed by atoms with Crippen LogP contribution in [0.25, 0.3) is 0 Å². The molecule has 0 aromatic rings. The highest BCUT2D eigenvalue weighted by atomic mass is 16.7. The van der Waals surface area contributed by atoms with Gasteiger partial charge in [0.1, 0.15) is 48.8 Å². The lowest BCUT2D eigenvalue weighted by atomic mass is 9.97. The van der Waals surface area contributed by atoms with Crippen LogP contribution in [0.3, 0.4) is 0 Å². The van der Waals surface area contributed by atoms with Crippen LogP contribution in [0.5, 0.6) is 0 Å². The van der Waals surface area contributed by atoms with Crippen molar-refractivity contribution in [3.8, 4) is 0 Å². The average Bonchev–Trinajstić information content (AvgIpc) is 2.52. The van der Waals surface area contributed by atoms with E-state index in [2.05, 4.69) is 0 Å². The second-order valence-corrected chi connectivity index (χ2v) is 5.41. The number of aliphatic hydroxyl groups is 7. The second-order valence-electron chi connectivity index (χ2n) is 5.41. The zero-order valence-corrected chi connectivity index (χ0v) is 11.7. The van der Waals surface area contributed by atoms with E-state index in [-0.39, 0.29) is 6.61 Å². The van der Waals surface area contributed by atoms with Crippen LogP contribution in [0.4, 0.5) is 0 Å². The SMILES string of the molecule is OC[C@H]1O[C@H](O[C@@H]2[C@@H](O)[C@@H](O)CO[C@@H]2CO)[C@H](O)[C@H](O)[C@H]1O. The molecule has 0 aromatic heterocycles. The molecule has 2 aliphatic heterocycles. The highest BCUT2D eigenvalue weighted by Crippen LogP contribution is 2.27. The van der Waals surface area contributed by atoms with Gasteiger partial charge in [0.2, 0.25) is 0 Å². The number of rotatable bonds is 4. The first-order chi connectivity index (χ1) is 10.4. The van der Waals surface area contributed by atoms with Gasteiger partial charge in [-0.3, -0.25) is 0 Å². The van der Waals surface area contributed by atoms with Gasteiger partial charge in [-0.15, -0.1) is 0 Å². The molecule has 0 aromatic carbocycles. The molecular weight excluding hydrogens is 304 g/mol. The highest BCUT2D eigenvalue weighted by Gasteiger charge is 2.48. The van der Waals surface area contributed by atoms with E-state index in [0.29, 0.717) is 0 Å². The summed E-state index contributed by atoms with van der Waals surface area (Å²) >= 11 is 0. The van der Waals surface area contributed by atoms with Crippen molar-refractivity contribution in [1.29, 1.82) is 0 Å². The fourth-order valence-corrected chi connectivity index (χ4v) is 2.51. The van der Waals surface area contributed by atoms with E-state index in [0.717, 1.165) is 0 Å². The molecule has 2 fully saturated rings. The lowest BCUT2D eigenvalue weighted by molar-refractivity contribution is -0.336. The second kappa shape index (κ2) is 7.45. The van der Waals surface area contributed by atoms with E-state index in [1.807, 2.05) is 0 Å². The topological polar surface area (TPSA) is 169 Å². The molecule has 130 valence electrons. The van der Waals surface area contributed by atoms with Crippen molar-refractivity contribution in [2.45, 2.75) is 55.1 Å². The van der Waals surface area contributed by atoms with Gasteiger partial charge >= 0.3 is 0 Å². The molecule has 10 heteroatoms. The van der Waals surface area contributed by atoms with E-state index in [4.69, 9.17) is 19.3 Å². The molecule has 0 amide bonds. The molecular formula is C12H22O10. The third-order valence-electron chi connectivity index (χ3n) is 3.90. The molecule has 7 N–H and O–H groups in total. The molecule has 0 aliphatic carbocycles. The summed E-state index contributed by atoms with van der Waals surface area (Å²) in [6.45, 7) is -1.33. The summed E-state index contributed by atoms with van der Waals surface area (Å²) in [7, 11) is 0. The third kappa shape index (κ3) is 3.41. The zero-order chi connectivity index (χ0) is 16.4. The van der Waals surface area contributed by atoms with Gasteiger partial charge in [0.05, 0.1) is 19.8 Å². The van der Waals surface area contributed by atoms with E-state index in [1.165, 1.54) is 0 Å². The number of hydrogen-bond acceptors (Lipinski definition) is 10. The van der Waals surface area contributed by atoms with Crippen LogP contribution in [0.1, 0.15) is 0 Å². The summed E-state index contributed by atoms with van der Waals surface area (Å²) < 4.78 is 15.6. The summed E-state index contributed by atoms with van der Waals surface area (Å²) in [5.41, 5.74) is 0.